The molecule has 17 heavy (non-hydrogen) atoms. The maximum atomic E-state index is 5.68. The number of fused-ring (bicyclic) bond motifs is 1. The van der Waals surface area contributed by atoms with Crippen molar-refractivity contribution in [2.75, 3.05) is 26.4 Å². The standard InChI is InChI=1S/C14H19NO2/c1-2-6-14-13(5-1)11(9-17-14)8-15-12-4-3-7-16-10-12/h1-2,5-6,11-12,15H,3-4,7-10H2. The summed E-state index contributed by atoms with van der Waals surface area (Å²) < 4.78 is 11.2. The summed E-state index contributed by atoms with van der Waals surface area (Å²) >= 11 is 0. The topological polar surface area (TPSA) is 30.5 Å². The van der Waals surface area contributed by atoms with Crippen LogP contribution in [0.2, 0.25) is 0 Å². The molecule has 1 aromatic rings. The molecule has 0 bridgehead atoms. The SMILES string of the molecule is c1ccc2c(c1)OCC2CNC1CCCOC1. The fraction of sp³-hybridized carbons (Fsp3) is 0.571. The van der Waals surface area contributed by atoms with E-state index in [1.807, 2.05) is 6.07 Å². The maximum absolute atomic E-state index is 5.68. The van der Waals surface area contributed by atoms with Crippen LogP contribution in [0.5, 0.6) is 5.75 Å². The molecule has 2 aliphatic heterocycles. The van der Waals surface area contributed by atoms with Crippen LogP contribution in [-0.2, 0) is 4.74 Å². The molecule has 1 fully saturated rings. The summed E-state index contributed by atoms with van der Waals surface area (Å²) in [6, 6.07) is 8.87. The van der Waals surface area contributed by atoms with Gasteiger partial charge in [-0.05, 0) is 18.9 Å². The van der Waals surface area contributed by atoms with Gasteiger partial charge < -0.3 is 14.8 Å². The third-order valence-corrected chi connectivity index (χ3v) is 3.61. The average Bonchev–Trinajstić information content (AvgIpc) is 2.81. The molecule has 0 saturated carbocycles. The Bertz CT molecular complexity index is 374. The quantitative estimate of drug-likeness (QED) is 0.865. The number of rotatable bonds is 3. The summed E-state index contributed by atoms with van der Waals surface area (Å²) in [6.45, 7) is 3.58. The molecule has 92 valence electrons. The molecule has 3 heteroatoms. The number of hydrogen-bond acceptors (Lipinski definition) is 3. The van der Waals surface area contributed by atoms with Crippen molar-refractivity contribution in [2.24, 2.45) is 0 Å². The normalized spacial score (nSPS) is 27.5. The van der Waals surface area contributed by atoms with Crippen molar-refractivity contribution >= 4 is 0 Å². The van der Waals surface area contributed by atoms with E-state index in [-0.39, 0.29) is 0 Å². The summed E-state index contributed by atoms with van der Waals surface area (Å²) in [5, 5.41) is 3.60. The molecule has 0 aliphatic carbocycles. The minimum atomic E-state index is 0.494. The van der Waals surface area contributed by atoms with Crippen molar-refractivity contribution in [3.63, 3.8) is 0 Å². The summed E-state index contributed by atoms with van der Waals surface area (Å²) in [7, 11) is 0. The Balaban J connectivity index is 1.56. The number of ether oxygens (including phenoxy) is 2. The third kappa shape index (κ3) is 2.45. The Morgan fingerprint density at radius 3 is 3.06 bits per heavy atom. The highest BCUT2D eigenvalue weighted by Crippen LogP contribution is 2.32. The van der Waals surface area contributed by atoms with Gasteiger partial charge in [-0.3, -0.25) is 0 Å². The van der Waals surface area contributed by atoms with E-state index >= 15 is 0 Å². The predicted molar refractivity (Wildman–Crippen MR) is 66.5 cm³/mol. The van der Waals surface area contributed by atoms with Crippen molar-refractivity contribution < 1.29 is 9.47 Å². The van der Waals surface area contributed by atoms with Gasteiger partial charge >= 0.3 is 0 Å². The Morgan fingerprint density at radius 2 is 2.18 bits per heavy atom. The van der Waals surface area contributed by atoms with Gasteiger partial charge in [0.1, 0.15) is 5.75 Å². The molecule has 0 amide bonds. The van der Waals surface area contributed by atoms with Crippen molar-refractivity contribution in [3.05, 3.63) is 29.8 Å². The Hall–Kier alpha value is -1.06. The summed E-state index contributed by atoms with van der Waals surface area (Å²) in [4.78, 5) is 0. The van der Waals surface area contributed by atoms with E-state index in [4.69, 9.17) is 9.47 Å². The second-order valence-corrected chi connectivity index (χ2v) is 4.87. The fourth-order valence-corrected chi connectivity index (χ4v) is 2.61. The third-order valence-electron chi connectivity index (χ3n) is 3.61. The minimum Gasteiger partial charge on any atom is -0.493 e. The van der Waals surface area contributed by atoms with E-state index < -0.39 is 0 Å². The summed E-state index contributed by atoms with van der Waals surface area (Å²) in [5.41, 5.74) is 1.34. The second-order valence-electron chi connectivity index (χ2n) is 4.87. The van der Waals surface area contributed by atoms with Gasteiger partial charge in [0.25, 0.3) is 0 Å². The molecule has 2 aliphatic rings. The van der Waals surface area contributed by atoms with Gasteiger partial charge in [0.2, 0.25) is 0 Å². The van der Waals surface area contributed by atoms with Crippen molar-refractivity contribution in [1.29, 1.82) is 0 Å². The number of nitrogens with one attached hydrogen (secondary N) is 1. The van der Waals surface area contributed by atoms with Gasteiger partial charge in [-0.1, -0.05) is 18.2 Å². The lowest BCUT2D eigenvalue weighted by molar-refractivity contribution is 0.0698. The molecule has 2 atom stereocenters. The van der Waals surface area contributed by atoms with Crippen LogP contribution in [0.25, 0.3) is 0 Å². The zero-order chi connectivity index (χ0) is 11.5. The molecule has 0 radical (unpaired) electrons. The van der Waals surface area contributed by atoms with Crippen LogP contribution in [0.15, 0.2) is 24.3 Å². The van der Waals surface area contributed by atoms with Crippen molar-refractivity contribution in [1.82, 2.24) is 5.32 Å². The molecule has 0 spiro atoms. The van der Waals surface area contributed by atoms with E-state index in [1.165, 1.54) is 18.4 Å². The number of para-hydroxylation sites is 1. The van der Waals surface area contributed by atoms with Crippen molar-refractivity contribution in [2.45, 2.75) is 24.8 Å². The van der Waals surface area contributed by atoms with E-state index in [1.54, 1.807) is 0 Å². The first-order valence-corrected chi connectivity index (χ1v) is 6.46. The van der Waals surface area contributed by atoms with E-state index in [9.17, 15) is 0 Å². The molecule has 2 heterocycles. The van der Waals surface area contributed by atoms with E-state index in [0.717, 1.165) is 32.1 Å². The lowest BCUT2D eigenvalue weighted by Gasteiger charge is -2.24. The summed E-state index contributed by atoms with van der Waals surface area (Å²) in [5.74, 6) is 1.55. The summed E-state index contributed by atoms with van der Waals surface area (Å²) in [6.07, 6.45) is 2.41. The lowest BCUT2D eigenvalue weighted by atomic mass is 10.0. The average molecular weight is 233 g/mol. The molecular formula is C14H19NO2. The van der Waals surface area contributed by atoms with Crippen molar-refractivity contribution in [3.8, 4) is 5.75 Å². The van der Waals surface area contributed by atoms with Crippen LogP contribution >= 0.6 is 0 Å². The van der Waals surface area contributed by atoms with Crippen LogP contribution in [0.3, 0.4) is 0 Å². The number of hydrogen-bond donors (Lipinski definition) is 1. The lowest BCUT2D eigenvalue weighted by Crippen LogP contribution is -2.39. The zero-order valence-electron chi connectivity index (χ0n) is 10.0. The predicted octanol–water partition coefficient (Wildman–Crippen LogP) is 1.93. The molecule has 1 saturated heterocycles. The monoisotopic (exact) mass is 233 g/mol. The van der Waals surface area contributed by atoms with Gasteiger partial charge in [-0.25, -0.2) is 0 Å². The van der Waals surface area contributed by atoms with Gasteiger partial charge in [-0.2, -0.15) is 0 Å². The van der Waals surface area contributed by atoms with Gasteiger partial charge in [0.05, 0.1) is 13.2 Å². The van der Waals surface area contributed by atoms with Crippen LogP contribution in [0.1, 0.15) is 24.3 Å². The molecular weight excluding hydrogens is 214 g/mol. The van der Waals surface area contributed by atoms with Crippen LogP contribution in [-0.4, -0.2) is 32.4 Å². The Morgan fingerprint density at radius 1 is 1.24 bits per heavy atom. The molecule has 1 N–H and O–H groups in total. The van der Waals surface area contributed by atoms with Crippen LogP contribution in [0, 0.1) is 0 Å². The fourth-order valence-electron chi connectivity index (χ4n) is 2.61. The van der Waals surface area contributed by atoms with Gasteiger partial charge in [0.15, 0.2) is 0 Å². The molecule has 1 aromatic carbocycles. The van der Waals surface area contributed by atoms with E-state index in [2.05, 4.69) is 23.5 Å². The van der Waals surface area contributed by atoms with E-state index in [0.29, 0.717) is 12.0 Å². The first kappa shape index (κ1) is 11.1. The molecule has 3 rings (SSSR count). The highest BCUT2D eigenvalue weighted by Gasteiger charge is 2.24. The van der Waals surface area contributed by atoms with Gasteiger partial charge in [0, 0.05) is 30.7 Å². The second kappa shape index (κ2) is 5.07. The first-order valence-electron chi connectivity index (χ1n) is 6.46. The zero-order valence-corrected chi connectivity index (χ0v) is 10.0. The molecule has 0 aromatic heterocycles. The first-order chi connectivity index (χ1) is 8.43. The van der Waals surface area contributed by atoms with Crippen LogP contribution < -0.4 is 10.1 Å². The minimum absolute atomic E-state index is 0.494. The van der Waals surface area contributed by atoms with Gasteiger partial charge in [-0.15, -0.1) is 0 Å². The number of benzene rings is 1. The smallest absolute Gasteiger partial charge is 0.122 e. The highest BCUT2D eigenvalue weighted by atomic mass is 16.5. The Labute approximate surface area is 102 Å². The largest absolute Gasteiger partial charge is 0.493 e. The molecule has 2 unspecified atom stereocenters. The van der Waals surface area contributed by atoms with Crippen LogP contribution in [0.4, 0.5) is 0 Å². The highest BCUT2D eigenvalue weighted by molar-refractivity contribution is 5.39. The molecule has 3 nitrogen and oxygen atoms in total. The maximum Gasteiger partial charge on any atom is 0.122 e. The Kier molecular flexibility index (Phi) is 3.29.